The van der Waals surface area contributed by atoms with Gasteiger partial charge in [-0.3, -0.25) is 4.90 Å². The van der Waals surface area contributed by atoms with Gasteiger partial charge in [0, 0.05) is 11.5 Å². The van der Waals surface area contributed by atoms with Crippen LogP contribution in [0.2, 0.25) is 0 Å². The highest BCUT2D eigenvalue weighted by atomic mass is 19.1. The van der Waals surface area contributed by atoms with E-state index in [1.54, 1.807) is 19.2 Å². The van der Waals surface area contributed by atoms with Gasteiger partial charge in [0.05, 0.1) is 24.4 Å². The van der Waals surface area contributed by atoms with Gasteiger partial charge in [0.1, 0.15) is 11.6 Å². The second-order valence-corrected chi connectivity index (χ2v) is 6.84. The summed E-state index contributed by atoms with van der Waals surface area (Å²) in [6, 6.07) is 11.1. The molecule has 4 rings (SSSR count). The van der Waals surface area contributed by atoms with E-state index in [0.717, 1.165) is 40.5 Å². The van der Waals surface area contributed by atoms with Crippen LogP contribution >= 0.6 is 0 Å². The Hall–Kier alpha value is -2.20. The van der Waals surface area contributed by atoms with Crippen LogP contribution in [0.1, 0.15) is 19.3 Å². The zero-order chi connectivity index (χ0) is 17.2. The molecule has 0 aliphatic carbocycles. The Balaban J connectivity index is 1.77. The van der Waals surface area contributed by atoms with Gasteiger partial charge in [-0.2, -0.15) is 4.57 Å². The minimum atomic E-state index is -0.196. The topological polar surface area (TPSA) is 16.4 Å². The molecule has 1 aliphatic rings. The molecule has 0 spiro atoms. The van der Waals surface area contributed by atoms with Crippen molar-refractivity contribution in [2.45, 2.75) is 25.8 Å². The lowest BCUT2D eigenvalue weighted by atomic mass is 10.1. The summed E-state index contributed by atoms with van der Waals surface area (Å²) >= 11 is 0. The van der Waals surface area contributed by atoms with Gasteiger partial charge in [-0.15, -0.1) is 0 Å². The predicted molar refractivity (Wildman–Crippen MR) is 98.5 cm³/mol. The van der Waals surface area contributed by atoms with Crippen molar-refractivity contribution >= 4 is 21.7 Å². The third-order valence-corrected chi connectivity index (χ3v) is 5.22. The van der Waals surface area contributed by atoms with Crippen LogP contribution in [0.25, 0.3) is 21.7 Å². The van der Waals surface area contributed by atoms with Gasteiger partial charge in [0.15, 0.2) is 12.7 Å². The van der Waals surface area contributed by atoms with E-state index in [9.17, 15) is 4.39 Å². The van der Waals surface area contributed by atoms with E-state index in [4.69, 9.17) is 4.74 Å². The number of ether oxygens (including phenoxy) is 1. The molecule has 0 radical (unpaired) electrons. The van der Waals surface area contributed by atoms with Crippen LogP contribution in [0, 0.1) is 5.82 Å². The van der Waals surface area contributed by atoms with E-state index in [0.29, 0.717) is 0 Å². The zero-order valence-corrected chi connectivity index (χ0v) is 14.7. The Morgan fingerprint density at radius 2 is 1.88 bits per heavy atom. The molecule has 2 heterocycles. The summed E-state index contributed by atoms with van der Waals surface area (Å²) in [7, 11) is 1.67. The zero-order valence-electron chi connectivity index (χ0n) is 14.7. The first kappa shape index (κ1) is 16.3. The van der Waals surface area contributed by atoms with Crippen molar-refractivity contribution in [3.05, 3.63) is 48.4 Å². The highest BCUT2D eigenvalue weighted by molar-refractivity contribution is 6.04. The molecule has 0 N–H and O–H groups in total. The van der Waals surface area contributed by atoms with E-state index < -0.39 is 0 Å². The fourth-order valence-electron chi connectivity index (χ4n) is 3.85. The molecular weight excluding hydrogens is 315 g/mol. The van der Waals surface area contributed by atoms with Crippen molar-refractivity contribution in [2.24, 2.45) is 0 Å². The minimum Gasteiger partial charge on any atom is -0.497 e. The van der Waals surface area contributed by atoms with Crippen molar-refractivity contribution in [3.63, 3.8) is 0 Å². The average Bonchev–Trinajstić information content (AvgIpc) is 2.66. The minimum absolute atomic E-state index is 0.196. The Bertz CT molecular complexity index is 903. The maximum atomic E-state index is 13.9. The van der Waals surface area contributed by atoms with Crippen LogP contribution in [0.4, 0.5) is 4.39 Å². The Kier molecular flexibility index (Phi) is 4.53. The fourth-order valence-corrected chi connectivity index (χ4v) is 3.85. The quantitative estimate of drug-likeness (QED) is 0.529. The summed E-state index contributed by atoms with van der Waals surface area (Å²) in [4.78, 5) is 2.53. The summed E-state index contributed by atoms with van der Waals surface area (Å²) < 4.78 is 21.5. The normalized spacial score (nSPS) is 15.8. The lowest BCUT2D eigenvalue weighted by molar-refractivity contribution is -0.669. The van der Waals surface area contributed by atoms with Crippen LogP contribution < -0.4 is 9.30 Å². The van der Waals surface area contributed by atoms with Gasteiger partial charge < -0.3 is 4.74 Å². The molecule has 0 amide bonds. The van der Waals surface area contributed by atoms with Gasteiger partial charge in [0.25, 0.3) is 0 Å². The van der Waals surface area contributed by atoms with Crippen LogP contribution in [-0.4, -0.2) is 31.6 Å². The highest BCUT2D eigenvalue weighted by Gasteiger charge is 2.17. The highest BCUT2D eigenvalue weighted by Crippen LogP contribution is 2.26. The summed E-state index contributed by atoms with van der Waals surface area (Å²) in [6.07, 6.45) is 6.11. The molecule has 0 atom stereocenters. The molecule has 3 aromatic rings. The molecule has 3 nitrogen and oxygen atoms in total. The first-order valence-electron chi connectivity index (χ1n) is 9.06. The van der Waals surface area contributed by atoms with Crippen molar-refractivity contribution in [1.82, 2.24) is 4.90 Å². The molecule has 4 heteroatoms. The van der Waals surface area contributed by atoms with E-state index >= 15 is 0 Å². The van der Waals surface area contributed by atoms with Crippen LogP contribution in [0.15, 0.2) is 42.6 Å². The number of pyridine rings is 1. The number of likely N-dealkylation sites (tertiary alicyclic amines) is 1. The van der Waals surface area contributed by atoms with Gasteiger partial charge in [-0.1, -0.05) is 6.42 Å². The Labute approximate surface area is 147 Å². The van der Waals surface area contributed by atoms with Crippen LogP contribution in [0.3, 0.4) is 0 Å². The van der Waals surface area contributed by atoms with E-state index in [-0.39, 0.29) is 5.82 Å². The molecular formula is C21H24FN2O+. The SMILES string of the molecule is COc1ccc2c(c1)c[n+](CCN1CCCCC1)c1ccc(F)cc21. The number of fused-ring (bicyclic) bond motifs is 3. The number of benzene rings is 2. The molecule has 0 unspecified atom stereocenters. The maximum absolute atomic E-state index is 13.9. The first-order chi connectivity index (χ1) is 12.2. The second-order valence-electron chi connectivity index (χ2n) is 6.84. The summed E-state index contributed by atoms with van der Waals surface area (Å²) in [5, 5.41) is 3.10. The Morgan fingerprint density at radius 1 is 1.04 bits per heavy atom. The lowest BCUT2D eigenvalue weighted by Gasteiger charge is -2.25. The Morgan fingerprint density at radius 3 is 2.68 bits per heavy atom. The number of aromatic nitrogens is 1. The summed E-state index contributed by atoms with van der Waals surface area (Å²) in [5.41, 5.74) is 1.08. The largest absolute Gasteiger partial charge is 0.497 e. The molecule has 0 bridgehead atoms. The lowest BCUT2D eigenvalue weighted by Crippen LogP contribution is -2.42. The van der Waals surface area contributed by atoms with Gasteiger partial charge in [-0.05, 0) is 56.3 Å². The summed E-state index contributed by atoms with van der Waals surface area (Å²) in [5.74, 6) is 0.629. The fraction of sp³-hybridized carbons (Fsp3) is 0.381. The number of nitrogens with zero attached hydrogens (tertiary/aromatic N) is 2. The molecule has 1 aromatic heterocycles. The monoisotopic (exact) mass is 339 g/mol. The van der Waals surface area contributed by atoms with Crippen molar-refractivity contribution in [2.75, 3.05) is 26.7 Å². The van der Waals surface area contributed by atoms with E-state index in [1.807, 2.05) is 24.3 Å². The number of hydrogen-bond donors (Lipinski definition) is 0. The number of hydrogen-bond acceptors (Lipinski definition) is 2. The molecule has 0 saturated carbocycles. The smallest absolute Gasteiger partial charge is 0.213 e. The molecule has 25 heavy (non-hydrogen) atoms. The summed E-state index contributed by atoms with van der Waals surface area (Å²) in [6.45, 7) is 4.32. The molecule has 1 fully saturated rings. The molecule has 1 saturated heterocycles. The van der Waals surface area contributed by atoms with Crippen molar-refractivity contribution in [1.29, 1.82) is 0 Å². The van der Waals surface area contributed by atoms with Crippen molar-refractivity contribution in [3.8, 4) is 5.75 Å². The molecule has 2 aromatic carbocycles. The van der Waals surface area contributed by atoms with Gasteiger partial charge in [-0.25, -0.2) is 4.39 Å². The standard InChI is InChI=1S/C21H24FN2O/c1-25-18-6-7-19-16(13-18)15-24(12-11-23-9-3-2-4-10-23)21-8-5-17(22)14-20(19)21/h5-8,13-15H,2-4,9-12H2,1H3/q+1. The average molecular weight is 339 g/mol. The predicted octanol–water partition coefficient (Wildman–Crippen LogP) is 3.91. The van der Waals surface area contributed by atoms with Crippen molar-refractivity contribution < 1.29 is 13.7 Å². The van der Waals surface area contributed by atoms with Crippen LogP contribution in [0.5, 0.6) is 5.75 Å². The number of rotatable bonds is 4. The van der Waals surface area contributed by atoms with E-state index in [2.05, 4.69) is 15.7 Å². The molecule has 130 valence electrons. The second kappa shape index (κ2) is 6.96. The van der Waals surface area contributed by atoms with Crippen LogP contribution in [-0.2, 0) is 6.54 Å². The number of methoxy groups -OCH3 is 1. The van der Waals surface area contributed by atoms with Gasteiger partial charge >= 0.3 is 0 Å². The molecule has 1 aliphatic heterocycles. The number of piperidine rings is 1. The van der Waals surface area contributed by atoms with Gasteiger partial charge in [0.2, 0.25) is 5.52 Å². The van der Waals surface area contributed by atoms with E-state index in [1.165, 1.54) is 32.4 Å². The third-order valence-electron chi connectivity index (χ3n) is 5.22. The number of halogens is 1. The third kappa shape index (κ3) is 3.31. The maximum Gasteiger partial charge on any atom is 0.213 e. The first-order valence-corrected chi connectivity index (χ1v) is 9.06.